The number of pyridine rings is 1. The van der Waals surface area contributed by atoms with Gasteiger partial charge in [0.2, 0.25) is 0 Å². The van der Waals surface area contributed by atoms with Crippen LogP contribution < -0.4 is 10.5 Å². The SMILES string of the molecule is COC(=O)C1CCN(c2cnn(-c3ccc(C(F)(F)F)cn3)c(=O)c2Cl)CC1. The molecular weight excluding hydrogens is 401 g/mol. The van der Waals surface area contributed by atoms with Crippen LogP contribution in [0.5, 0.6) is 0 Å². The molecule has 2 aromatic heterocycles. The van der Waals surface area contributed by atoms with E-state index in [0.29, 0.717) is 37.8 Å². The third kappa shape index (κ3) is 3.96. The lowest BCUT2D eigenvalue weighted by Gasteiger charge is -2.32. The van der Waals surface area contributed by atoms with Crippen molar-refractivity contribution in [3.63, 3.8) is 0 Å². The van der Waals surface area contributed by atoms with Crippen molar-refractivity contribution in [3.05, 3.63) is 45.5 Å². The molecule has 0 aromatic carbocycles. The third-order valence-electron chi connectivity index (χ3n) is 4.56. The first-order chi connectivity index (χ1) is 13.2. The molecule has 0 radical (unpaired) electrons. The van der Waals surface area contributed by atoms with Gasteiger partial charge < -0.3 is 9.64 Å². The molecule has 1 fully saturated rings. The number of hydrogen-bond donors (Lipinski definition) is 0. The number of anilines is 1. The van der Waals surface area contributed by atoms with Crippen molar-refractivity contribution in [1.82, 2.24) is 14.8 Å². The topological polar surface area (TPSA) is 77.3 Å². The lowest BCUT2D eigenvalue weighted by molar-refractivity contribution is -0.146. The second-order valence-corrected chi connectivity index (χ2v) is 6.63. The molecule has 0 N–H and O–H groups in total. The largest absolute Gasteiger partial charge is 0.469 e. The third-order valence-corrected chi connectivity index (χ3v) is 4.92. The highest BCUT2D eigenvalue weighted by Crippen LogP contribution is 2.29. The molecule has 1 aliphatic heterocycles. The van der Waals surface area contributed by atoms with Gasteiger partial charge in [-0.2, -0.15) is 23.0 Å². The van der Waals surface area contributed by atoms with Gasteiger partial charge in [-0.05, 0) is 25.0 Å². The second kappa shape index (κ2) is 7.78. The standard InChI is InChI=1S/C17H16ClF3N4O3/c1-28-16(27)10-4-6-24(7-5-10)12-9-23-25(15(26)14(12)18)13-3-2-11(8-22-13)17(19,20)21/h2-3,8-10H,4-7H2,1H3. The molecule has 0 unspecified atom stereocenters. The van der Waals surface area contributed by atoms with Gasteiger partial charge >= 0.3 is 12.1 Å². The normalized spacial score (nSPS) is 15.5. The first-order valence-corrected chi connectivity index (χ1v) is 8.74. The molecule has 150 valence electrons. The van der Waals surface area contributed by atoms with Gasteiger partial charge in [-0.3, -0.25) is 9.59 Å². The van der Waals surface area contributed by atoms with E-state index in [4.69, 9.17) is 16.3 Å². The summed E-state index contributed by atoms with van der Waals surface area (Å²) in [5, 5.41) is 3.87. The van der Waals surface area contributed by atoms with E-state index in [1.54, 1.807) is 0 Å². The summed E-state index contributed by atoms with van der Waals surface area (Å²) in [4.78, 5) is 29.6. The lowest BCUT2D eigenvalue weighted by Crippen LogP contribution is -2.38. The maximum Gasteiger partial charge on any atom is 0.417 e. The van der Waals surface area contributed by atoms with Crippen LogP contribution in [0.25, 0.3) is 5.82 Å². The Morgan fingerprint density at radius 1 is 1.25 bits per heavy atom. The van der Waals surface area contributed by atoms with E-state index in [9.17, 15) is 22.8 Å². The fourth-order valence-electron chi connectivity index (χ4n) is 3.01. The highest BCUT2D eigenvalue weighted by molar-refractivity contribution is 6.33. The second-order valence-electron chi connectivity index (χ2n) is 6.25. The molecule has 7 nitrogen and oxygen atoms in total. The van der Waals surface area contributed by atoms with Crippen LogP contribution in [-0.4, -0.2) is 40.9 Å². The van der Waals surface area contributed by atoms with Crippen molar-refractivity contribution >= 4 is 23.3 Å². The first kappa shape index (κ1) is 20.1. The summed E-state index contributed by atoms with van der Waals surface area (Å²) in [7, 11) is 1.34. The zero-order chi connectivity index (χ0) is 20.5. The minimum Gasteiger partial charge on any atom is -0.469 e. The fourth-order valence-corrected chi connectivity index (χ4v) is 3.26. The van der Waals surface area contributed by atoms with Gasteiger partial charge in [0.25, 0.3) is 5.56 Å². The van der Waals surface area contributed by atoms with Gasteiger partial charge in [0.15, 0.2) is 5.82 Å². The number of carbonyl (C=O) groups is 1. The van der Waals surface area contributed by atoms with Crippen LogP contribution in [0.4, 0.5) is 18.9 Å². The molecule has 0 amide bonds. The predicted octanol–water partition coefficient (Wildman–Crippen LogP) is 2.69. The summed E-state index contributed by atoms with van der Waals surface area (Å²) in [5.41, 5.74) is -1.22. The summed E-state index contributed by atoms with van der Waals surface area (Å²) in [6.07, 6.45) is -1.44. The summed E-state index contributed by atoms with van der Waals surface area (Å²) in [6.45, 7) is 0.978. The number of ether oxygens (including phenoxy) is 1. The van der Waals surface area contributed by atoms with E-state index in [1.807, 2.05) is 4.90 Å². The van der Waals surface area contributed by atoms with Crippen molar-refractivity contribution in [3.8, 4) is 5.82 Å². The molecule has 3 heterocycles. The van der Waals surface area contributed by atoms with Gasteiger partial charge in [0.05, 0.1) is 30.5 Å². The molecule has 2 aromatic rings. The number of nitrogens with zero attached hydrogens (tertiary/aromatic N) is 4. The van der Waals surface area contributed by atoms with Crippen molar-refractivity contribution in [2.24, 2.45) is 5.92 Å². The Kier molecular flexibility index (Phi) is 5.59. The Morgan fingerprint density at radius 2 is 1.93 bits per heavy atom. The summed E-state index contributed by atoms with van der Waals surface area (Å²) in [6, 6.07) is 1.87. The van der Waals surface area contributed by atoms with E-state index in [0.717, 1.165) is 16.8 Å². The van der Waals surface area contributed by atoms with Crippen LogP contribution in [0.15, 0.2) is 29.3 Å². The van der Waals surface area contributed by atoms with E-state index >= 15 is 0 Å². The average molecular weight is 417 g/mol. The molecule has 1 aliphatic rings. The number of halogens is 4. The number of esters is 1. The zero-order valence-electron chi connectivity index (χ0n) is 14.7. The first-order valence-electron chi connectivity index (χ1n) is 8.36. The fraction of sp³-hybridized carbons (Fsp3) is 0.412. The highest BCUT2D eigenvalue weighted by atomic mass is 35.5. The monoisotopic (exact) mass is 416 g/mol. The van der Waals surface area contributed by atoms with E-state index < -0.39 is 17.3 Å². The number of aromatic nitrogens is 3. The zero-order valence-corrected chi connectivity index (χ0v) is 15.5. The average Bonchev–Trinajstić information content (AvgIpc) is 2.69. The van der Waals surface area contributed by atoms with Crippen LogP contribution >= 0.6 is 11.6 Å². The Hall–Kier alpha value is -2.62. The Balaban J connectivity index is 1.82. The van der Waals surface area contributed by atoms with E-state index in [1.165, 1.54) is 13.3 Å². The predicted molar refractivity (Wildman–Crippen MR) is 94.6 cm³/mol. The Labute approximate surface area is 162 Å². The molecule has 0 atom stereocenters. The van der Waals surface area contributed by atoms with Crippen LogP contribution in [0.1, 0.15) is 18.4 Å². The summed E-state index contributed by atoms with van der Waals surface area (Å²) < 4.78 is 43.5. The van der Waals surface area contributed by atoms with Gasteiger partial charge in [-0.25, -0.2) is 4.98 Å². The number of carbonyl (C=O) groups excluding carboxylic acids is 1. The van der Waals surface area contributed by atoms with Crippen molar-refractivity contribution in [2.75, 3.05) is 25.1 Å². The number of alkyl halides is 3. The highest BCUT2D eigenvalue weighted by Gasteiger charge is 2.31. The summed E-state index contributed by atoms with van der Waals surface area (Å²) >= 11 is 6.20. The van der Waals surface area contributed by atoms with Crippen LogP contribution in [0.3, 0.4) is 0 Å². The number of methoxy groups -OCH3 is 1. The summed E-state index contributed by atoms with van der Waals surface area (Å²) in [5.74, 6) is -0.548. The smallest absolute Gasteiger partial charge is 0.417 e. The molecule has 0 bridgehead atoms. The molecule has 11 heteroatoms. The van der Waals surface area contributed by atoms with Crippen molar-refractivity contribution in [2.45, 2.75) is 19.0 Å². The molecule has 0 saturated carbocycles. The molecular formula is C17H16ClF3N4O3. The van der Waals surface area contributed by atoms with Gasteiger partial charge in [0, 0.05) is 19.3 Å². The number of hydrogen-bond acceptors (Lipinski definition) is 6. The minimum absolute atomic E-state index is 0.0733. The van der Waals surface area contributed by atoms with E-state index in [2.05, 4.69) is 10.1 Å². The number of piperidine rings is 1. The molecule has 0 aliphatic carbocycles. The molecule has 3 rings (SSSR count). The lowest BCUT2D eigenvalue weighted by atomic mass is 9.97. The Morgan fingerprint density at radius 3 is 2.46 bits per heavy atom. The maximum absolute atomic E-state index is 12.6. The molecule has 28 heavy (non-hydrogen) atoms. The van der Waals surface area contributed by atoms with Crippen LogP contribution in [0, 0.1) is 5.92 Å². The van der Waals surface area contributed by atoms with Gasteiger partial charge in [-0.1, -0.05) is 11.6 Å². The minimum atomic E-state index is -4.53. The molecule has 1 saturated heterocycles. The quantitative estimate of drug-likeness (QED) is 0.716. The van der Waals surface area contributed by atoms with Crippen LogP contribution in [0.2, 0.25) is 5.02 Å². The maximum atomic E-state index is 12.6. The number of rotatable bonds is 3. The van der Waals surface area contributed by atoms with Crippen molar-refractivity contribution in [1.29, 1.82) is 0 Å². The van der Waals surface area contributed by atoms with Gasteiger partial charge in [-0.15, -0.1) is 0 Å². The van der Waals surface area contributed by atoms with Crippen molar-refractivity contribution < 1.29 is 22.7 Å². The van der Waals surface area contributed by atoms with E-state index in [-0.39, 0.29) is 22.7 Å². The van der Waals surface area contributed by atoms with Gasteiger partial charge in [0.1, 0.15) is 5.02 Å². The Bertz CT molecular complexity index is 923. The molecule has 0 spiro atoms. The van der Waals surface area contributed by atoms with Crippen LogP contribution in [-0.2, 0) is 15.7 Å².